The number of amides is 3. The molecule has 3 amide bonds. The summed E-state index contributed by atoms with van der Waals surface area (Å²) in [5.41, 5.74) is -0.536. The highest BCUT2D eigenvalue weighted by Crippen LogP contribution is 2.23. The van der Waals surface area contributed by atoms with Crippen molar-refractivity contribution in [3.05, 3.63) is 30.3 Å². The van der Waals surface area contributed by atoms with E-state index >= 15 is 0 Å². The number of esters is 1. The van der Waals surface area contributed by atoms with Gasteiger partial charge in [-0.05, 0) is 65.0 Å². The quantitative estimate of drug-likeness (QED) is 0.298. The van der Waals surface area contributed by atoms with Crippen molar-refractivity contribution in [1.82, 2.24) is 20.3 Å². The molecule has 0 spiro atoms. The first-order valence-electron chi connectivity index (χ1n) is 13.6. The molecule has 12 nitrogen and oxygen atoms in total. The van der Waals surface area contributed by atoms with Gasteiger partial charge in [0.05, 0.1) is 11.5 Å². The molecule has 13 heteroatoms. The highest BCUT2D eigenvalue weighted by Gasteiger charge is 2.28. The first-order valence-corrected chi connectivity index (χ1v) is 15.0. The Balaban J connectivity index is 1.70. The smallest absolute Gasteiger partial charge is 0.410 e. The van der Waals surface area contributed by atoms with Gasteiger partial charge >= 0.3 is 12.1 Å². The molecule has 0 aromatic heterocycles. The Morgan fingerprint density at radius 1 is 1.00 bits per heavy atom. The number of rotatable bonds is 13. The van der Waals surface area contributed by atoms with Gasteiger partial charge in [0.15, 0.2) is 0 Å². The molecule has 224 valence electrons. The number of ether oxygens (including phenoxy) is 2. The van der Waals surface area contributed by atoms with E-state index < -0.39 is 33.5 Å². The van der Waals surface area contributed by atoms with Gasteiger partial charge in [-0.15, -0.1) is 0 Å². The monoisotopic (exact) mass is 582 g/mol. The predicted octanol–water partition coefficient (Wildman–Crippen LogP) is 1.95. The third-order valence-corrected chi connectivity index (χ3v) is 7.63. The Hall–Kier alpha value is -3.19. The van der Waals surface area contributed by atoms with Crippen LogP contribution in [0.2, 0.25) is 0 Å². The van der Waals surface area contributed by atoms with Crippen molar-refractivity contribution in [2.24, 2.45) is 5.92 Å². The topological polar surface area (TPSA) is 160 Å². The van der Waals surface area contributed by atoms with Crippen molar-refractivity contribution >= 4 is 33.9 Å². The van der Waals surface area contributed by atoms with Gasteiger partial charge in [-0.2, -0.15) is 4.72 Å². The number of hydrogen-bond acceptors (Lipinski definition) is 8. The van der Waals surface area contributed by atoms with Gasteiger partial charge in [0, 0.05) is 39.0 Å². The minimum Gasteiger partial charge on any atom is -0.465 e. The number of nitrogens with zero attached hydrogens (tertiary/aromatic N) is 1. The lowest BCUT2D eigenvalue weighted by molar-refractivity contribution is -0.145. The van der Waals surface area contributed by atoms with Gasteiger partial charge < -0.3 is 25.0 Å². The average Bonchev–Trinajstić information content (AvgIpc) is 2.89. The molecule has 0 aliphatic carbocycles. The number of hydrogen-bond donors (Lipinski definition) is 3. The van der Waals surface area contributed by atoms with Crippen LogP contribution < -0.4 is 15.4 Å². The van der Waals surface area contributed by atoms with Crippen LogP contribution in [0.5, 0.6) is 0 Å². The summed E-state index contributed by atoms with van der Waals surface area (Å²) in [6, 6.07) is 6.24. The number of carbonyl (C=O) groups is 4. The zero-order valence-corrected chi connectivity index (χ0v) is 24.6. The number of likely N-dealkylation sites (tertiary alicyclic amines) is 1. The molecule has 1 aromatic rings. The summed E-state index contributed by atoms with van der Waals surface area (Å²) in [6.07, 6.45) is 2.23. The van der Waals surface area contributed by atoms with Crippen LogP contribution in [0.15, 0.2) is 35.2 Å². The van der Waals surface area contributed by atoms with Crippen molar-refractivity contribution in [3.8, 4) is 0 Å². The van der Waals surface area contributed by atoms with Gasteiger partial charge in [0.1, 0.15) is 11.6 Å². The second kappa shape index (κ2) is 15.6. The van der Waals surface area contributed by atoms with Crippen LogP contribution in [0, 0.1) is 5.92 Å². The van der Waals surface area contributed by atoms with Crippen molar-refractivity contribution < 1.29 is 37.1 Å². The second-order valence-electron chi connectivity index (χ2n) is 10.6. The Labute approximate surface area is 236 Å². The Kier molecular flexibility index (Phi) is 12.8. The minimum atomic E-state index is -4.01. The molecule has 1 atom stereocenters. The van der Waals surface area contributed by atoms with Crippen molar-refractivity contribution in [2.45, 2.75) is 76.3 Å². The summed E-state index contributed by atoms with van der Waals surface area (Å²) in [6.45, 7) is 8.11. The SMILES string of the molecule is CCOC(=O)[C@H](CNC(=O)CCNC(=O)CCC1CCN(C(=O)OC(C)(C)C)CC1)NS(=O)(=O)c1ccccc1. The minimum absolute atomic E-state index is 0.0214. The molecule has 0 bridgehead atoms. The van der Waals surface area contributed by atoms with E-state index in [1.165, 1.54) is 12.1 Å². The third-order valence-electron chi connectivity index (χ3n) is 6.15. The molecule has 1 aromatic carbocycles. The van der Waals surface area contributed by atoms with Crippen LogP contribution in [-0.4, -0.2) is 81.6 Å². The van der Waals surface area contributed by atoms with Gasteiger partial charge in [-0.1, -0.05) is 18.2 Å². The molecule has 0 unspecified atom stereocenters. The van der Waals surface area contributed by atoms with Crippen LogP contribution in [-0.2, 0) is 33.9 Å². The summed E-state index contributed by atoms with van der Waals surface area (Å²) in [7, 11) is -4.01. The average molecular weight is 583 g/mol. The van der Waals surface area contributed by atoms with Gasteiger partial charge in [0.2, 0.25) is 21.8 Å². The second-order valence-corrected chi connectivity index (χ2v) is 12.3. The van der Waals surface area contributed by atoms with Crippen molar-refractivity contribution in [3.63, 3.8) is 0 Å². The number of carbonyl (C=O) groups excluding carboxylic acids is 4. The molecule has 1 fully saturated rings. The number of benzene rings is 1. The lowest BCUT2D eigenvalue weighted by Gasteiger charge is -2.33. The van der Waals surface area contributed by atoms with Crippen LogP contribution in [0.1, 0.15) is 59.8 Å². The lowest BCUT2D eigenvalue weighted by Crippen LogP contribution is -2.49. The van der Waals surface area contributed by atoms with Gasteiger partial charge in [0.25, 0.3) is 0 Å². The van der Waals surface area contributed by atoms with Crippen LogP contribution in [0.4, 0.5) is 4.79 Å². The Morgan fingerprint density at radius 3 is 2.23 bits per heavy atom. The zero-order valence-electron chi connectivity index (χ0n) is 23.7. The van der Waals surface area contributed by atoms with Gasteiger partial charge in [-0.3, -0.25) is 14.4 Å². The molecule has 2 rings (SSSR count). The van der Waals surface area contributed by atoms with Crippen molar-refractivity contribution in [1.29, 1.82) is 0 Å². The summed E-state index contributed by atoms with van der Waals surface area (Å²) in [5.74, 6) is -1.12. The lowest BCUT2D eigenvalue weighted by atomic mass is 9.92. The number of nitrogens with one attached hydrogen (secondary N) is 3. The van der Waals surface area contributed by atoms with Crippen LogP contribution >= 0.6 is 0 Å². The van der Waals surface area contributed by atoms with E-state index in [4.69, 9.17) is 9.47 Å². The largest absolute Gasteiger partial charge is 0.465 e. The first-order chi connectivity index (χ1) is 18.8. The fraction of sp³-hybridized carbons (Fsp3) is 0.630. The molecular weight excluding hydrogens is 540 g/mol. The van der Waals surface area contributed by atoms with Crippen LogP contribution in [0.3, 0.4) is 0 Å². The first kappa shape index (κ1) is 33.0. The fourth-order valence-electron chi connectivity index (χ4n) is 4.04. The predicted molar refractivity (Wildman–Crippen MR) is 148 cm³/mol. The maximum Gasteiger partial charge on any atom is 0.410 e. The summed E-state index contributed by atoms with van der Waals surface area (Å²) in [4.78, 5) is 50.7. The molecule has 0 saturated carbocycles. The van der Waals surface area contributed by atoms with Crippen molar-refractivity contribution in [2.75, 3.05) is 32.8 Å². The Morgan fingerprint density at radius 2 is 1.62 bits per heavy atom. The highest BCUT2D eigenvalue weighted by molar-refractivity contribution is 7.89. The maximum absolute atomic E-state index is 12.6. The van der Waals surface area contributed by atoms with E-state index in [0.29, 0.717) is 31.8 Å². The summed E-state index contributed by atoms with van der Waals surface area (Å²) in [5, 5.41) is 5.23. The number of sulfonamides is 1. The molecule has 1 aliphatic heterocycles. The third kappa shape index (κ3) is 11.9. The van der Waals surface area contributed by atoms with E-state index in [9.17, 15) is 27.6 Å². The molecule has 40 heavy (non-hydrogen) atoms. The summed E-state index contributed by atoms with van der Waals surface area (Å²) >= 11 is 0. The van der Waals surface area contributed by atoms with E-state index in [1.54, 1.807) is 30.0 Å². The van der Waals surface area contributed by atoms with E-state index in [0.717, 1.165) is 12.8 Å². The molecule has 1 aliphatic rings. The van der Waals surface area contributed by atoms with E-state index in [2.05, 4.69) is 15.4 Å². The maximum atomic E-state index is 12.6. The molecular formula is C27H42N4O8S. The van der Waals surface area contributed by atoms with Gasteiger partial charge in [-0.25, -0.2) is 13.2 Å². The highest BCUT2D eigenvalue weighted by atomic mass is 32.2. The zero-order chi connectivity index (χ0) is 29.8. The fourth-order valence-corrected chi connectivity index (χ4v) is 5.25. The van der Waals surface area contributed by atoms with E-state index in [1.807, 2.05) is 20.8 Å². The molecule has 3 N–H and O–H groups in total. The van der Waals surface area contributed by atoms with Crippen LogP contribution in [0.25, 0.3) is 0 Å². The molecule has 1 heterocycles. The van der Waals surface area contributed by atoms with E-state index in [-0.39, 0.29) is 43.0 Å². The number of piperidine rings is 1. The molecule has 0 radical (unpaired) electrons. The molecule has 1 saturated heterocycles. The summed E-state index contributed by atoms with van der Waals surface area (Å²) < 4.78 is 37.8. The Bertz CT molecular complexity index is 1100. The standard InChI is InChI=1S/C27H42N4O8S/c1-5-38-25(34)22(30-40(36,37)21-9-7-6-8-10-21)19-29-24(33)13-16-28-23(32)12-11-20-14-17-31(18-15-20)26(35)39-27(2,3)4/h6-10,20,22,30H,5,11-19H2,1-4H3,(H,28,32)(H,29,33)/t22-/m0/s1. The normalized spacial score (nSPS) is 15.2.